The molecule has 5 atom stereocenters. The monoisotopic (exact) mass is 322 g/mol. The van der Waals surface area contributed by atoms with Crippen LogP contribution in [0.2, 0.25) is 0 Å². The molecule has 2 rings (SSSR count). The first-order valence-electron chi connectivity index (χ1n) is 7.91. The van der Waals surface area contributed by atoms with E-state index in [9.17, 15) is 9.90 Å². The van der Waals surface area contributed by atoms with Gasteiger partial charge in [-0.05, 0) is 33.3 Å². The highest BCUT2D eigenvalue weighted by molar-refractivity contribution is 5.66. The highest BCUT2D eigenvalue weighted by Crippen LogP contribution is 2.45. The van der Waals surface area contributed by atoms with Crippen molar-refractivity contribution in [2.45, 2.75) is 70.7 Å². The van der Waals surface area contributed by atoms with Gasteiger partial charge in [0.15, 0.2) is 0 Å². The Morgan fingerprint density at radius 1 is 1.43 bits per heavy atom. The number of benzene rings is 1. The highest BCUT2D eigenvalue weighted by atomic mass is 16.6. The Morgan fingerprint density at radius 2 is 2.00 bits per heavy atom. The fraction of sp³-hybridized carbons (Fsp3) is 0.611. The molecule has 1 heterocycles. The minimum atomic E-state index is -1.38. The Morgan fingerprint density at radius 3 is 2.48 bits per heavy atom. The smallest absolute Gasteiger partial charge is 0.302 e. The van der Waals surface area contributed by atoms with Crippen LogP contribution in [0.1, 0.15) is 40.2 Å². The van der Waals surface area contributed by atoms with Crippen molar-refractivity contribution >= 4 is 5.97 Å². The molecule has 5 heteroatoms. The summed E-state index contributed by atoms with van der Waals surface area (Å²) < 4.78 is 16.9. The van der Waals surface area contributed by atoms with Crippen molar-refractivity contribution in [1.29, 1.82) is 0 Å². The maximum atomic E-state index is 11.2. The van der Waals surface area contributed by atoms with Crippen molar-refractivity contribution in [3.05, 3.63) is 35.9 Å². The number of rotatable bonds is 7. The summed E-state index contributed by atoms with van der Waals surface area (Å²) in [5.74, 6) is -0.436. The molecule has 23 heavy (non-hydrogen) atoms. The second kappa shape index (κ2) is 6.59. The summed E-state index contributed by atoms with van der Waals surface area (Å²) in [6.45, 7) is 8.80. The maximum absolute atomic E-state index is 11.2. The van der Waals surface area contributed by atoms with Crippen LogP contribution in [0, 0.1) is 0 Å². The second-order valence-electron chi connectivity index (χ2n) is 6.60. The molecular weight excluding hydrogens is 296 g/mol. The fourth-order valence-electron chi connectivity index (χ4n) is 2.87. The van der Waals surface area contributed by atoms with Crippen LogP contribution in [0.5, 0.6) is 0 Å². The average molecular weight is 322 g/mol. The molecule has 1 aliphatic heterocycles. The highest BCUT2D eigenvalue weighted by Gasteiger charge is 2.62. The number of ether oxygens (including phenoxy) is 3. The SMILES string of the molecule is CC(=O)O[C@H](C)[C@](C)(O)[C@H](OCc1ccccc1)[C@]1(C)O[C@H]1C. The van der Waals surface area contributed by atoms with Gasteiger partial charge in [-0.2, -0.15) is 0 Å². The van der Waals surface area contributed by atoms with Crippen molar-refractivity contribution in [2.24, 2.45) is 0 Å². The standard InChI is InChI=1S/C18H26O5/c1-12(22-14(3)19)17(4,20)16(18(5)13(2)23-18)21-11-15-9-7-6-8-10-15/h6-10,12-13,16,20H,11H2,1-5H3/t12-,13+,16+,17+,18-/m1/s1. The molecule has 0 unspecified atom stereocenters. The number of carbonyl (C=O) groups is 1. The van der Waals surface area contributed by atoms with Crippen molar-refractivity contribution in [2.75, 3.05) is 0 Å². The van der Waals surface area contributed by atoms with Crippen molar-refractivity contribution in [3.8, 4) is 0 Å². The molecule has 1 aromatic rings. The van der Waals surface area contributed by atoms with Crippen LogP contribution >= 0.6 is 0 Å². The van der Waals surface area contributed by atoms with E-state index in [-0.39, 0.29) is 6.10 Å². The first-order valence-corrected chi connectivity index (χ1v) is 7.91. The minimum Gasteiger partial charge on any atom is -0.460 e. The molecule has 0 aliphatic carbocycles. The predicted octanol–water partition coefficient (Wildman–Crippen LogP) is 2.45. The molecule has 128 valence electrons. The molecule has 0 amide bonds. The van der Waals surface area contributed by atoms with E-state index < -0.39 is 29.4 Å². The molecule has 1 aliphatic rings. The van der Waals surface area contributed by atoms with Gasteiger partial charge in [0.05, 0.1) is 12.7 Å². The summed E-state index contributed by atoms with van der Waals surface area (Å²) in [6.07, 6.45) is -1.37. The molecule has 5 nitrogen and oxygen atoms in total. The number of esters is 1. The van der Waals surface area contributed by atoms with Crippen LogP contribution in [0.25, 0.3) is 0 Å². The van der Waals surface area contributed by atoms with E-state index in [1.165, 1.54) is 6.92 Å². The number of hydrogen-bond donors (Lipinski definition) is 1. The largest absolute Gasteiger partial charge is 0.460 e. The zero-order valence-corrected chi connectivity index (χ0v) is 14.4. The van der Waals surface area contributed by atoms with Gasteiger partial charge in [-0.1, -0.05) is 30.3 Å². The van der Waals surface area contributed by atoms with Gasteiger partial charge in [-0.15, -0.1) is 0 Å². The first-order chi connectivity index (χ1) is 10.7. The number of aliphatic hydroxyl groups is 1. The van der Waals surface area contributed by atoms with Crippen molar-refractivity contribution in [3.63, 3.8) is 0 Å². The van der Waals surface area contributed by atoms with E-state index in [0.717, 1.165) is 5.56 Å². The van der Waals surface area contributed by atoms with E-state index in [1.54, 1.807) is 13.8 Å². The Bertz CT molecular complexity index is 542. The molecule has 1 N–H and O–H groups in total. The van der Waals surface area contributed by atoms with Crippen LogP contribution in [0.3, 0.4) is 0 Å². The lowest BCUT2D eigenvalue weighted by atomic mass is 9.83. The van der Waals surface area contributed by atoms with Gasteiger partial charge in [0, 0.05) is 6.92 Å². The van der Waals surface area contributed by atoms with E-state index in [2.05, 4.69) is 0 Å². The lowest BCUT2D eigenvalue weighted by Crippen LogP contribution is -2.57. The van der Waals surface area contributed by atoms with Gasteiger partial charge in [0.1, 0.15) is 23.4 Å². The molecule has 0 radical (unpaired) electrons. The summed E-state index contributed by atoms with van der Waals surface area (Å²) in [4.78, 5) is 11.2. The Hall–Kier alpha value is -1.43. The van der Waals surface area contributed by atoms with Crippen molar-refractivity contribution in [1.82, 2.24) is 0 Å². The lowest BCUT2D eigenvalue weighted by molar-refractivity contribution is -0.194. The summed E-state index contributed by atoms with van der Waals surface area (Å²) in [6, 6.07) is 9.73. The predicted molar refractivity (Wildman–Crippen MR) is 85.8 cm³/mol. The topological polar surface area (TPSA) is 68.3 Å². The van der Waals surface area contributed by atoms with Gasteiger partial charge >= 0.3 is 5.97 Å². The third kappa shape index (κ3) is 3.91. The molecular formula is C18H26O5. The quantitative estimate of drug-likeness (QED) is 0.617. The van der Waals surface area contributed by atoms with E-state index in [1.807, 2.05) is 44.2 Å². The number of carbonyl (C=O) groups excluding carboxylic acids is 1. The normalized spacial score (nSPS) is 28.5. The number of epoxide rings is 1. The van der Waals surface area contributed by atoms with E-state index in [4.69, 9.17) is 14.2 Å². The third-order valence-corrected chi connectivity index (χ3v) is 4.66. The maximum Gasteiger partial charge on any atom is 0.302 e. The third-order valence-electron chi connectivity index (χ3n) is 4.66. The second-order valence-corrected chi connectivity index (χ2v) is 6.60. The Labute approximate surface area is 137 Å². The van der Waals surface area contributed by atoms with Crippen LogP contribution in [-0.4, -0.2) is 40.6 Å². The van der Waals surface area contributed by atoms with Crippen LogP contribution in [0.15, 0.2) is 30.3 Å². The summed E-state index contributed by atoms with van der Waals surface area (Å²) >= 11 is 0. The molecule has 1 fully saturated rings. The average Bonchev–Trinajstić information content (AvgIpc) is 3.07. The van der Waals surface area contributed by atoms with Gasteiger partial charge in [-0.3, -0.25) is 4.79 Å². The zero-order valence-electron chi connectivity index (χ0n) is 14.4. The molecule has 1 saturated heterocycles. The molecule has 0 aromatic heterocycles. The van der Waals surface area contributed by atoms with Crippen LogP contribution in [0.4, 0.5) is 0 Å². The van der Waals surface area contributed by atoms with Crippen LogP contribution < -0.4 is 0 Å². The summed E-state index contributed by atoms with van der Waals surface area (Å²) in [7, 11) is 0. The van der Waals surface area contributed by atoms with Gasteiger partial charge in [0.2, 0.25) is 0 Å². The van der Waals surface area contributed by atoms with Gasteiger partial charge in [-0.25, -0.2) is 0 Å². The Kier molecular flexibility index (Phi) is 5.14. The molecule has 0 bridgehead atoms. The summed E-state index contributed by atoms with van der Waals surface area (Å²) in [5.41, 5.74) is -0.975. The van der Waals surface area contributed by atoms with Crippen LogP contribution in [-0.2, 0) is 25.6 Å². The minimum absolute atomic E-state index is 0.0284. The summed E-state index contributed by atoms with van der Waals surface area (Å²) in [5, 5.41) is 11.0. The van der Waals surface area contributed by atoms with Crippen molar-refractivity contribution < 1.29 is 24.1 Å². The zero-order chi connectivity index (χ0) is 17.3. The number of hydrogen-bond acceptors (Lipinski definition) is 5. The van der Waals surface area contributed by atoms with Gasteiger partial charge in [0.25, 0.3) is 0 Å². The lowest BCUT2D eigenvalue weighted by Gasteiger charge is -2.39. The molecule has 0 saturated carbocycles. The molecule has 0 spiro atoms. The molecule has 1 aromatic carbocycles. The van der Waals surface area contributed by atoms with E-state index in [0.29, 0.717) is 6.61 Å². The Balaban J connectivity index is 2.16. The van der Waals surface area contributed by atoms with Gasteiger partial charge < -0.3 is 19.3 Å². The fourth-order valence-corrected chi connectivity index (χ4v) is 2.87. The first kappa shape index (κ1) is 17.9. The van der Waals surface area contributed by atoms with E-state index >= 15 is 0 Å².